The van der Waals surface area contributed by atoms with Crippen molar-refractivity contribution >= 4 is 43.6 Å². The van der Waals surface area contributed by atoms with E-state index < -0.39 is 0 Å². The lowest BCUT2D eigenvalue weighted by atomic mass is 10.1. The van der Waals surface area contributed by atoms with E-state index in [1.54, 1.807) is 11.3 Å². The van der Waals surface area contributed by atoms with Crippen LogP contribution >= 0.6 is 11.3 Å². The maximum absolute atomic E-state index is 4.83. The van der Waals surface area contributed by atoms with Crippen LogP contribution < -0.4 is 0 Å². The molecule has 0 atom stereocenters. The molecule has 0 aliphatic carbocycles. The molecule has 6 rings (SSSR count). The topological polar surface area (TPSA) is 83.1 Å². The molecule has 0 aliphatic heterocycles. The molecular weight excluding hydrogens is 356 g/mol. The summed E-state index contributed by atoms with van der Waals surface area (Å²) in [6, 6.07) is 20.2. The Morgan fingerprint density at radius 1 is 0.704 bits per heavy atom. The summed E-state index contributed by atoms with van der Waals surface area (Å²) in [5.74, 6) is 0.801. The lowest BCUT2D eigenvalue weighted by molar-refractivity contribution is 0.959. The predicted octanol–water partition coefficient (Wildman–Crippen LogP) is 4.78. The minimum absolute atomic E-state index is 0.801. The molecule has 3 aromatic heterocycles. The summed E-state index contributed by atoms with van der Waals surface area (Å²) in [4.78, 5) is 13.0. The Morgan fingerprint density at radius 2 is 1.44 bits per heavy atom. The Hall–Kier alpha value is -3.58. The van der Waals surface area contributed by atoms with Crippen molar-refractivity contribution in [1.82, 2.24) is 30.4 Å². The van der Waals surface area contributed by atoms with Gasteiger partial charge >= 0.3 is 0 Å². The Balaban J connectivity index is 1.66. The number of thiazole rings is 1. The van der Waals surface area contributed by atoms with Crippen LogP contribution in [0.3, 0.4) is 0 Å². The summed E-state index contributed by atoms with van der Waals surface area (Å²) >= 11 is 1.67. The first-order valence-corrected chi connectivity index (χ1v) is 9.32. The second-order valence-electron chi connectivity index (χ2n) is 6.30. The minimum atomic E-state index is 0.801. The zero-order chi connectivity index (χ0) is 17.8. The van der Waals surface area contributed by atoms with Gasteiger partial charge in [0.15, 0.2) is 0 Å². The molecule has 3 aromatic carbocycles. The number of nitrogens with one attached hydrogen (secondary N) is 2. The number of nitrogens with zero attached hydrogens (tertiary/aromatic N) is 4. The zero-order valence-electron chi connectivity index (χ0n) is 14.0. The molecule has 0 spiro atoms. The fourth-order valence-corrected chi connectivity index (χ4v) is 4.33. The molecule has 0 aliphatic rings. The quantitative estimate of drug-likeness (QED) is 0.461. The summed E-state index contributed by atoms with van der Waals surface area (Å²) in [5.41, 5.74) is 6.50. The number of fused-ring (bicyclic) bond motifs is 3. The van der Waals surface area contributed by atoms with Gasteiger partial charge < -0.3 is 4.98 Å². The average Bonchev–Trinajstić information content (AvgIpc) is 3.42. The summed E-state index contributed by atoms with van der Waals surface area (Å²) in [5, 5.41) is 12.1. The van der Waals surface area contributed by atoms with E-state index in [2.05, 4.69) is 26.5 Å². The third-order valence-corrected chi connectivity index (χ3v) is 5.69. The van der Waals surface area contributed by atoms with Crippen LogP contribution in [0.5, 0.6) is 0 Å². The zero-order valence-corrected chi connectivity index (χ0v) is 14.8. The Morgan fingerprint density at radius 3 is 2.26 bits per heavy atom. The summed E-state index contributed by atoms with van der Waals surface area (Å²) in [6.07, 6.45) is 0. The Labute approximate surface area is 156 Å². The van der Waals surface area contributed by atoms with Gasteiger partial charge in [-0.25, -0.2) is 9.97 Å². The van der Waals surface area contributed by atoms with Crippen LogP contribution in [0.2, 0.25) is 0 Å². The number of hydrogen-bond acceptors (Lipinski definition) is 5. The van der Waals surface area contributed by atoms with Crippen molar-refractivity contribution in [1.29, 1.82) is 0 Å². The molecule has 0 saturated carbocycles. The summed E-state index contributed by atoms with van der Waals surface area (Å²) < 4.78 is 1.16. The highest BCUT2D eigenvalue weighted by Crippen LogP contribution is 2.38. The summed E-state index contributed by atoms with van der Waals surface area (Å²) in [6.45, 7) is 0. The lowest BCUT2D eigenvalue weighted by Crippen LogP contribution is -1.88. The van der Waals surface area contributed by atoms with Crippen LogP contribution in [0.4, 0.5) is 0 Å². The Bertz CT molecular complexity index is 1270. The van der Waals surface area contributed by atoms with E-state index in [0.717, 1.165) is 54.2 Å². The van der Waals surface area contributed by atoms with Gasteiger partial charge in [-0.3, -0.25) is 0 Å². The second kappa shape index (κ2) is 5.46. The number of para-hydroxylation sites is 3. The number of rotatable bonds is 2. The maximum atomic E-state index is 4.83. The fourth-order valence-electron chi connectivity index (χ4n) is 3.33. The van der Waals surface area contributed by atoms with Crippen LogP contribution in [-0.4, -0.2) is 30.4 Å². The smallest absolute Gasteiger partial charge is 0.139 e. The van der Waals surface area contributed by atoms with E-state index in [0.29, 0.717) is 0 Å². The van der Waals surface area contributed by atoms with Crippen molar-refractivity contribution in [2.75, 3.05) is 0 Å². The number of H-pyrrole nitrogens is 2. The van der Waals surface area contributed by atoms with Gasteiger partial charge in [-0.15, -0.1) is 11.3 Å². The van der Waals surface area contributed by atoms with E-state index in [9.17, 15) is 0 Å². The molecule has 128 valence electrons. The van der Waals surface area contributed by atoms with Crippen molar-refractivity contribution in [3.8, 4) is 22.0 Å². The SMILES string of the molecule is c1ccc2[nH]c(-c3cc4n[nH]nc4cc3-c3nc4ccccc4s3)nc2c1. The highest BCUT2D eigenvalue weighted by Gasteiger charge is 2.17. The molecule has 7 heteroatoms. The predicted molar refractivity (Wildman–Crippen MR) is 108 cm³/mol. The number of benzene rings is 3. The normalized spacial score (nSPS) is 11.7. The highest BCUT2D eigenvalue weighted by atomic mass is 32.1. The van der Waals surface area contributed by atoms with Gasteiger partial charge in [0.1, 0.15) is 21.9 Å². The van der Waals surface area contributed by atoms with E-state index in [-0.39, 0.29) is 0 Å². The van der Waals surface area contributed by atoms with Crippen LogP contribution in [0, 0.1) is 0 Å². The molecule has 27 heavy (non-hydrogen) atoms. The molecule has 6 nitrogen and oxygen atoms in total. The van der Waals surface area contributed by atoms with Crippen LogP contribution in [0.25, 0.3) is 54.2 Å². The van der Waals surface area contributed by atoms with Crippen molar-refractivity contribution < 1.29 is 0 Å². The van der Waals surface area contributed by atoms with Crippen LogP contribution in [-0.2, 0) is 0 Å². The molecular formula is C20H12N6S. The van der Waals surface area contributed by atoms with E-state index in [4.69, 9.17) is 9.97 Å². The Kier molecular flexibility index (Phi) is 2.95. The molecule has 0 amide bonds. The summed E-state index contributed by atoms with van der Waals surface area (Å²) in [7, 11) is 0. The van der Waals surface area contributed by atoms with Crippen molar-refractivity contribution in [3.63, 3.8) is 0 Å². The molecule has 3 heterocycles. The van der Waals surface area contributed by atoms with Gasteiger partial charge in [0, 0.05) is 11.1 Å². The van der Waals surface area contributed by atoms with Gasteiger partial charge in [-0.2, -0.15) is 15.4 Å². The molecule has 0 radical (unpaired) electrons. The van der Waals surface area contributed by atoms with Crippen molar-refractivity contribution in [2.24, 2.45) is 0 Å². The standard InChI is InChI=1S/C20H12N6S/c1-2-6-14-13(5-1)21-19(22-14)11-9-16-17(25-26-24-16)10-12(11)20-23-15-7-3-4-8-18(15)27-20/h1-10H,(H,21,22)(H,24,25,26). The van der Waals surface area contributed by atoms with E-state index in [1.165, 1.54) is 0 Å². The average molecular weight is 368 g/mol. The highest BCUT2D eigenvalue weighted by molar-refractivity contribution is 7.21. The maximum Gasteiger partial charge on any atom is 0.139 e. The van der Waals surface area contributed by atoms with Gasteiger partial charge in [-0.05, 0) is 36.4 Å². The van der Waals surface area contributed by atoms with Crippen LogP contribution in [0.15, 0.2) is 60.7 Å². The van der Waals surface area contributed by atoms with Gasteiger partial charge in [0.25, 0.3) is 0 Å². The molecule has 0 fully saturated rings. The monoisotopic (exact) mass is 368 g/mol. The molecule has 2 N–H and O–H groups in total. The van der Waals surface area contributed by atoms with Crippen molar-refractivity contribution in [3.05, 3.63) is 60.7 Å². The first kappa shape index (κ1) is 14.6. The van der Waals surface area contributed by atoms with Gasteiger partial charge in [0.05, 0.1) is 21.3 Å². The van der Waals surface area contributed by atoms with Crippen molar-refractivity contribution in [2.45, 2.75) is 0 Å². The first-order chi connectivity index (χ1) is 13.3. The largest absolute Gasteiger partial charge is 0.338 e. The molecule has 6 aromatic rings. The number of aromatic nitrogens is 6. The number of imidazole rings is 1. The molecule has 0 saturated heterocycles. The van der Waals surface area contributed by atoms with E-state index >= 15 is 0 Å². The minimum Gasteiger partial charge on any atom is -0.338 e. The van der Waals surface area contributed by atoms with Gasteiger partial charge in [-0.1, -0.05) is 24.3 Å². The number of aromatic amines is 2. The third kappa shape index (κ3) is 2.25. The fraction of sp³-hybridized carbons (Fsp3) is 0. The second-order valence-corrected chi connectivity index (χ2v) is 7.33. The first-order valence-electron chi connectivity index (χ1n) is 8.51. The number of hydrogen-bond donors (Lipinski definition) is 2. The molecule has 0 bridgehead atoms. The van der Waals surface area contributed by atoms with Gasteiger partial charge in [0.2, 0.25) is 0 Å². The van der Waals surface area contributed by atoms with Crippen LogP contribution in [0.1, 0.15) is 0 Å². The lowest BCUT2D eigenvalue weighted by Gasteiger charge is -2.04. The van der Waals surface area contributed by atoms with E-state index in [1.807, 2.05) is 54.6 Å². The third-order valence-electron chi connectivity index (χ3n) is 4.62. The molecule has 0 unspecified atom stereocenters.